The van der Waals surface area contributed by atoms with Gasteiger partial charge in [-0.3, -0.25) is 0 Å². The van der Waals surface area contributed by atoms with Crippen LogP contribution in [0.25, 0.3) is 0 Å². The van der Waals surface area contributed by atoms with Crippen LogP contribution in [0.1, 0.15) is 30.7 Å². The Bertz CT molecular complexity index is 513. The molecular formula is C16H20N2S2. The Morgan fingerprint density at radius 2 is 2.10 bits per heavy atom. The van der Waals surface area contributed by atoms with Crippen LogP contribution in [0, 0.1) is 5.92 Å². The predicted octanol–water partition coefficient (Wildman–Crippen LogP) is 4.15. The van der Waals surface area contributed by atoms with Crippen molar-refractivity contribution in [3.05, 3.63) is 47.5 Å². The lowest BCUT2D eigenvalue weighted by molar-refractivity contribution is 0.344. The molecule has 3 atom stereocenters. The first-order valence-corrected chi connectivity index (χ1v) is 8.94. The second-order valence-electron chi connectivity index (χ2n) is 5.37. The molecule has 20 heavy (non-hydrogen) atoms. The van der Waals surface area contributed by atoms with Crippen LogP contribution in [0.15, 0.2) is 46.2 Å². The summed E-state index contributed by atoms with van der Waals surface area (Å²) >= 11 is 3.67. The number of rotatable bonds is 4. The maximum absolute atomic E-state index is 5.98. The van der Waals surface area contributed by atoms with Gasteiger partial charge in [0.25, 0.3) is 0 Å². The quantitative estimate of drug-likeness (QED) is 0.922. The lowest BCUT2D eigenvalue weighted by atomic mass is 9.78. The molecule has 2 nitrogen and oxygen atoms in total. The SMILES string of the molecule is NCC1CCC(c2ccccc2)CC1Sc1nccs1. The minimum Gasteiger partial charge on any atom is -0.330 e. The highest BCUT2D eigenvalue weighted by Gasteiger charge is 2.31. The van der Waals surface area contributed by atoms with Crippen LogP contribution in [0.5, 0.6) is 0 Å². The Morgan fingerprint density at radius 1 is 1.25 bits per heavy atom. The first-order chi connectivity index (χ1) is 9.86. The Labute approximate surface area is 128 Å². The summed E-state index contributed by atoms with van der Waals surface area (Å²) in [6, 6.07) is 10.9. The summed E-state index contributed by atoms with van der Waals surface area (Å²) in [5.41, 5.74) is 7.46. The second kappa shape index (κ2) is 6.74. The van der Waals surface area contributed by atoms with Gasteiger partial charge in [0.1, 0.15) is 4.34 Å². The summed E-state index contributed by atoms with van der Waals surface area (Å²) in [6.45, 7) is 0.796. The molecule has 1 fully saturated rings. The van der Waals surface area contributed by atoms with Crippen LogP contribution in [-0.4, -0.2) is 16.8 Å². The van der Waals surface area contributed by atoms with Crippen LogP contribution < -0.4 is 5.73 Å². The van der Waals surface area contributed by atoms with Crippen LogP contribution in [-0.2, 0) is 0 Å². The van der Waals surface area contributed by atoms with Crippen molar-refractivity contribution in [3.8, 4) is 0 Å². The van der Waals surface area contributed by atoms with Crippen LogP contribution in [0.3, 0.4) is 0 Å². The minimum absolute atomic E-state index is 0.602. The van der Waals surface area contributed by atoms with Gasteiger partial charge < -0.3 is 5.73 Å². The Hall–Kier alpha value is -0.840. The maximum atomic E-state index is 5.98. The summed E-state index contributed by atoms with van der Waals surface area (Å²) in [5.74, 6) is 1.31. The first-order valence-electron chi connectivity index (χ1n) is 7.18. The number of hydrogen-bond donors (Lipinski definition) is 1. The molecule has 0 bridgehead atoms. The van der Waals surface area contributed by atoms with Gasteiger partial charge in [-0.15, -0.1) is 11.3 Å². The topological polar surface area (TPSA) is 38.9 Å². The molecule has 3 unspecified atom stereocenters. The van der Waals surface area contributed by atoms with Gasteiger partial charge in [-0.1, -0.05) is 42.1 Å². The summed E-state index contributed by atoms with van der Waals surface area (Å²) < 4.78 is 1.18. The zero-order valence-electron chi connectivity index (χ0n) is 11.4. The van der Waals surface area contributed by atoms with Gasteiger partial charge in [0.15, 0.2) is 0 Å². The van der Waals surface area contributed by atoms with Gasteiger partial charge in [0, 0.05) is 16.8 Å². The smallest absolute Gasteiger partial charge is 0.150 e. The van der Waals surface area contributed by atoms with Crippen molar-refractivity contribution < 1.29 is 0 Å². The van der Waals surface area contributed by atoms with E-state index in [1.807, 2.05) is 18.0 Å². The van der Waals surface area contributed by atoms with E-state index in [-0.39, 0.29) is 0 Å². The van der Waals surface area contributed by atoms with Gasteiger partial charge in [0.05, 0.1) is 0 Å². The van der Waals surface area contributed by atoms with Crippen molar-refractivity contribution in [1.29, 1.82) is 0 Å². The van der Waals surface area contributed by atoms with Crippen molar-refractivity contribution in [3.63, 3.8) is 0 Å². The van der Waals surface area contributed by atoms with E-state index in [9.17, 15) is 0 Å². The molecule has 4 heteroatoms. The number of thiazole rings is 1. The third kappa shape index (κ3) is 3.25. The molecule has 1 aliphatic carbocycles. The highest BCUT2D eigenvalue weighted by atomic mass is 32.2. The standard InChI is InChI=1S/C16H20N2S2/c17-11-14-7-6-13(12-4-2-1-3-5-12)10-15(14)20-16-18-8-9-19-16/h1-5,8-9,13-15H,6-7,10-11,17H2. The molecule has 3 rings (SSSR count). The molecule has 1 heterocycles. The third-order valence-electron chi connectivity index (χ3n) is 4.16. The normalized spacial score (nSPS) is 26.6. The van der Waals surface area contributed by atoms with E-state index in [0.29, 0.717) is 17.1 Å². The van der Waals surface area contributed by atoms with E-state index in [1.54, 1.807) is 11.3 Å². The monoisotopic (exact) mass is 304 g/mol. The molecule has 0 spiro atoms. The van der Waals surface area contributed by atoms with Gasteiger partial charge in [-0.05, 0) is 43.2 Å². The van der Waals surface area contributed by atoms with E-state index in [1.165, 1.54) is 29.2 Å². The van der Waals surface area contributed by atoms with E-state index in [0.717, 1.165) is 6.54 Å². The number of benzene rings is 1. The molecule has 2 N–H and O–H groups in total. The molecule has 2 aromatic rings. The van der Waals surface area contributed by atoms with E-state index >= 15 is 0 Å². The molecule has 0 amide bonds. The Balaban J connectivity index is 1.72. The molecule has 1 aromatic heterocycles. The van der Waals surface area contributed by atoms with Gasteiger partial charge >= 0.3 is 0 Å². The predicted molar refractivity (Wildman–Crippen MR) is 87.3 cm³/mol. The largest absolute Gasteiger partial charge is 0.330 e. The van der Waals surface area contributed by atoms with Crippen molar-refractivity contribution in [2.75, 3.05) is 6.54 Å². The first kappa shape index (κ1) is 14.1. The van der Waals surface area contributed by atoms with E-state index in [2.05, 4.69) is 40.7 Å². The minimum atomic E-state index is 0.602. The number of nitrogens with zero attached hydrogens (tertiary/aromatic N) is 1. The number of aromatic nitrogens is 1. The van der Waals surface area contributed by atoms with Gasteiger partial charge in [-0.25, -0.2) is 4.98 Å². The molecule has 1 aromatic carbocycles. The fourth-order valence-electron chi connectivity index (χ4n) is 3.03. The second-order valence-corrected chi connectivity index (χ2v) is 7.75. The van der Waals surface area contributed by atoms with Crippen LogP contribution in [0.4, 0.5) is 0 Å². The van der Waals surface area contributed by atoms with Gasteiger partial charge in [-0.2, -0.15) is 0 Å². The molecule has 0 saturated heterocycles. The fraction of sp³-hybridized carbons (Fsp3) is 0.438. The van der Waals surface area contributed by atoms with Crippen molar-refractivity contribution in [2.45, 2.75) is 34.8 Å². The van der Waals surface area contributed by atoms with E-state index in [4.69, 9.17) is 5.73 Å². The average Bonchev–Trinajstić information content (AvgIpc) is 3.01. The zero-order chi connectivity index (χ0) is 13.8. The van der Waals surface area contributed by atoms with E-state index < -0.39 is 0 Å². The molecule has 0 aliphatic heterocycles. The summed E-state index contributed by atoms with van der Waals surface area (Å²) in [7, 11) is 0. The Morgan fingerprint density at radius 3 is 2.80 bits per heavy atom. The van der Waals surface area contributed by atoms with Crippen LogP contribution in [0.2, 0.25) is 0 Å². The van der Waals surface area contributed by atoms with Gasteiger partial charge in [0.2, 0.25) is 0 Å². The number of hydrogen-bond acceptors (Lipinski definition) is 4. The fourth-order valence-corrected chi connectivity index (χ4v) is 5.30. The average molecular weight is 304 g/mol. The van der Waals surface area contributed by atoms with Crippen molar-refractivity contribution in [1.82, 2.24) is 4.98 Å². The van der Waals surface area contributed by atoms with Crippen LogP contribution >= 0.6 is 23.1 Å². The highest BCUT2D eigenvalue weighted by Crippen LogP contribution is 2.43. The Kier molecular flexibility index (Phi) is 4.76. The summed E-state index contributed by atoms with van der Waals surface area (Å²) in [6.07, 6.45) is 5.61. The highest BCUT2D eigenvalue weighted by molar-refractivity contribution is 8.01. The number of nitrogens with two attached hydrogens (primary N) is 1. The van der Waals surface area contributed by atoms with Crippen molar-refractivity contribution in [2.24, 2.45) is 11.7 Å². The maximum Gasteiger partial charge on any atom is 0.150 e. The molecule has 1 saturated carbocycles. The van der Waals surface area contributed by atoms with Crippen molar-refractivity contribution >= 4 is 23.1 Å². The molecular weight excluding hydrogens is 284 g/mol. The third-order valence-corrected chi connectivity index (χ3v) is 6.49. The lowest BCUT2D eigenvalue weighted by Gasteiger charge is -2.35. The number of thioether (sulfide) groups is 1. The molecule has 1 aliphatic rings. The molecule has 0 radical (unpaired) electrons. The zero-order valence-corrected chi connectivity index (χ0v) is 13.1. The molecule has 106 valence electrons. The lowest BCUT2D eigenvalue weighted by Crippen LogP contribution is -2.31. The summed E-state index contributed by atoms with van der Waals surface area (Å²) in [4.78, 5) is 4.42. The summed E-state index contributed by atoms with van der Waals surface area (Å²) in [5, 5.41) is 2.65.